The van der Waals surface area contributed by atoms with Crippen molar-refractivity contribution in [2.45, 2.75) is 13.3 Å². The summed E-state index contributed by atoms with van der Waals surface area (Å²) in [7, 11) is 3.22. The minimum atomic E-state index is -0.149. The van der Waals surface area contributed by atoms with Crippen LogP contribution in [0.1, 0.15) is 12.0 Å². The molecule has 9 heteroatoms. The predicted molar refractivity (Wildman–Crippen MR) is 134 cm³/mol. The molecule has 1 amide bonds. The standard InChI is InChI=1S/C25H31N3O5S/c1-18-9-10-21(31-3)23-24(18)34-25(26-23)28(12-6-11-27-13-15-32-16-14-27)22(29)17-33-20-8-5-4-7-19(20)30-2/h4-5,7-10H,6,11-17H2,1-3H3. The minimum Gasteiger partial charge on any atom is -0.494 e. The van der Waals surface area contributed by atoms with Crippen LogP contribution in [0.15, 0.2) is 36.4 Å². The first kappa shape index (κ1) is 24.3. The van der Waals surface area contributed by atoms with Gasteiger partial charge in [0.1, 0.15) is 11.3 Å². The van der Waals surface area contributed by atoms with Gasteiger partial charge in [-0.25, -0.2) is 4.98 Å². The molecule has 4 rings (SSSR count). The summed E-state index contributed by atoms with van der Waals surface area (Å²) in [5, 5.41) is 0.651. The van der Waals surface area contributed by atoms with Gasteiger partial charge in [0.05, 0.1) is 32.1 Å². The number of carbonyl (C=O) groups is 1. The van der Waals surface area contributed by atoms with E-state index in [4.69, 9.17) is 23.9 Å². The van der Waals surface area contributed by atoms with E-state index in [0.29, 0.717) is 28.9 Å². The lowest BCUT2D eigenvalue weighted by Crippen LogP contribution is -2.40. The van der Waals surface area contributed by atoms with Crippen LogP contribution < -0.4 is 19.1 Å². The van der Waals surface area contributed by atoms with Crippen LogP contribution in [-0.2, 0) is 9.53 Å². The van der Waals surface area contributed by atoms with E-state index in [1.807, 2.05) is 37.3 Å². The molecule has 1 saturated heterocycles. The van der Waals surface area contributed by atoms with Gasteiger partial charge in [-0.2, -0.15) is 0 Å². The van der Waals surface area contributed by atoms with Crippen molar-refractivity contribution in [1.82, 2.24) is 9.88 Å². The molecule has 1 aliphatic rings. The van der Waals surface area contributed by atoms with Crippen molar-refractivity contribution in [1.29, 1.82) is 0 Å². The number of thiazole rings is 1. The summed E-state index contributed by atoms with van der Waals surface area (Å²) in [6.07, 6.45) is 0.826. The lowest BCUT2D eigenvalue weighted by atomic mass is 10.2. The van der Waals surface area contributed by atoms with Crippen LogP contribution in [0.25, 0.3) is 10.2 Å². The maximum absolute atomic E-state index is 13.4. The van der Waals surface area contributed by atoms with Gasteiger partial charge in [-0.15, -0.1) is 0 Å². The van der Waals surface area contributed by atoms with Gasteiger partial charge in [-0.1, -0.05) is 29.5 Å². The van der Waals surface area contributed by atoms with E-state index in [-0.39, 0.29) is 12.5 Å². The molecular weight excluding hydrogens is 454 g/mol. The van der Waals surface area contributed by atoms with Gasteiger partial charge < -0.3 is 18.9 Å². The molecule has 0 N–H and O–H groups in total. The van der Waals surface area contributed by atoms with Gasteiger partial charge >= 0.3 is 0 Å². The van der Waals surface area contributed by atoms with Crippen molar-refractivity contribution >= 4 is 32.6 Å². The fraction of sp³-hybridized carbons (Fsp3) is 0.440. The largest absolute Gasteiger partial charge is 0.494 e. The third kappa shape index (κ3) is 5.60. The summed E-state index contributed by atoms with van der Waals surface area (Å²) in [4.78, 5) is 22.3. The average molecular weight is 486 g/mol. The maximum atomic E-state index is 13.4. The molecule has 2 aromatic carbocycles. The number of aryl methyl sites for hydroxylation is 1. The van der Waals surface area contributed by atoms with Gasteiger partial charge in [-0.3, -0.25) is 14.6 Å². The Balaban J connectivity index is 1.54. The highest BCUT2D eigenvalue weighted by Crippen LogP contribution is 2.36. The number of hydrogen-bond acceptors (Lipinski definition) is 8. The van der Waals surface area contributed by atoms with Crippen LogP contribution in [0.3, 0.4) is 0 Å². The quantitative estimate of drug-likeness (QED) is 0.433. The van der Waals surface area contributed by atoms with E-state index >= 15 is 0 Å². The Labute approximate surface area is 204 Å². The van der Waals surface area contributed by atoms with Crippen LogP contribution in [-0.4, -0.2) is 76.0 Å². The number of aromatic nitrogens is 1. The molecular formula is C25H31N3O5S. The van der Waals surface area contributed by atoms with Gasteiger partial charge in [-0.05, 0) is 37.1 Å². The van der Waals surface area contributed by atoms with E-state index in [9.17, 15) is 4.79 Å². The Morgan fingerprint density at radius 3 is 2.56 bits per heavy atom. The monoisotopic (exact) mass is 485 g/mol. The smallest absolute Gasteiger partial charge is 0.266 e. The molecule has 0 saturated carbocycles. The summed E-state index contributed by atoms with van der Waals surface area (Å²) in [6, 6.07) is 11.2. The van der Waals surface area contributed by atoms with Gasteiger partial charge in [0.15, 0.2) is 23.2 Å². The third-order valence-corrected chi connectivity index (χ3v) is 7.04. The number of methoxy groups -OCH3 is 2. The number of nitrogens with zero attached hydrogens (tertiary/aromatic N) is 3. The molecule has 0 aliphatic carbocycles. The second-order valence-electron chi connectivity index (χ2n) is 8.05. The molecule has 1 aliphatic heterocycles. The molecule has 0 unspecified atom stereocenters. The Hall–Kier alpha value is -2.88. The first-order valence-corrected chi connectivity index (χ1v) is 12.2. The van der Waals surface area contributed by atoms with Crippen molar-refractivity contribution < 1.29 is 23.7 Å². The number of hydrogen-bond donors (Lipinski definition) is 0. The van der Waals surface area contributed by atoms with Crippen molar-refractivity contribution in [3.8, 4) is 17.2 Å². The molecule has 8 nitrogen and oxygen atoms in total. The normalized spacial score (nSPS) is 14.2. The van der Waals surface area contributed by atoms with E-state index in [2.05, 4.69) is 4.90 Å². The highest BCUT2D eigenvalue weighted by Gasteiger charge is 2.23. The summed E-state index contributed by atoms with van der Waals surface area (Å²) >= 11 is 1.51. The second-order valence-corrected chi connectivity index (χ2v) is 9.03. The topological polar surface area (TPSA) is 73.4 Å². The van der Waals surface area contributed by atoms with Crippen molar-refractivity contribution in [2.75, 3.05) is 65.1 Å². The van der Waals surface area contributed by atoms with Crippen LogP contribution in [0.2, 0.25) is 0 Å². The zero-order valence-electron chi connectivity index (χ0n) is 19.9. The number of para-hydroxylation sites is 2. The van der Waals surface area contributed by atoms with Crippen molar-refractivity contribution in [3.63, 3.8) is 0 Å². The van der Waals surface area contributed by atoms with Crippen LogP contribution >= 0.6 is 11.3 Å². The van der Waals surface area contributed by atoms with Crippen LogP contribution in [0, 0.1) is 6.92 Å². The molecule has 0 spiro atoms. The Morgan fingerprint density at radius 1 is 1.09 bits per heavy atom. The fourth-order valence-electron chi connectivity index (χ4n) is 3.94. The second kappa shape index (κ2) is 11.5. The van der Waals surface area contributed by atoms with Gasteiger partial charge in [0.25, 0.3) is 5.91 Å². The van der Waals surface area contributed by atoms with E-state index in [1.54, 1.807) is 25.2 Å². The minimum absolute atomic E-state index is 0.107. The Bertz CT molecular complexity index is 1110. The van der Waals surface area contributed by atoms with Crippen LogP contribution in [0.4, 0.5) is 5.13 Å². The molecule has 0 radical (unpaired) electrons. The molecule has 182 valence electrons. The molecule has 1 aromatic heterocycles. The first-order chi connectivity index (χ1) is 16.6. The highest BCUT2D eigenvalue weighted by molar-refractivity contribution is 7.22. The molecule has 0 bridgehead atoms. The highest BCUT2D eigenvalue weighted by atomic mass is 32.1. The predicted octanol–water partition coefficient (Wildman–Crippen LogP) is 3.76. The first-order valence-electron chi connectivity index (χ1n) is 11.4. The van der Waals surface area contributed by atoms with Crippen molar-refractivity contribution in [3.05, 3.63) is 42.0 Å². The Kier molecular flexibility index (Phi) is 8.21. The fourth-order valence-corrected chi connectivity index (χ4v) is 5.03. The van der Waals surface area contributed by atoms with Gasteiger partial charge in [0, 0.05) is 26.2 Å². The summed E-state index contributed by atoms with van der Waals surface area (Å²) in [5.74, 6) is 1.68. The van der Waals surface area contributed by atoms with E-state index in [0.717, 1.165) is 55.0 Å². The lowest BCUT2D eigenvalue weighted by Gasteiger charge is -2.27. The number of ether oxygens (including phenoxy) is 4. The number of carbonyl (C=O) groups excluding carboxylic acids is 1. The molecule has 34 heavy (non-hydrogen) atoms. The maximum Gasteiger partial charge on any atom is 0.266 e. The summed E-state index contributed by atoms with van der Waals surface area (Å²) < 4.78 is 23.2. The molecule has 0 atom stereocenters. The molecule has 1 fully saturated rings. The molecule has 3 aromatic rings. The summed E-state index contributed by atoms with van der Waals surface area (Å²) in [6.45, 7) is 6.73. The lowest BCUT2D eigenvalue weighted by molar-refractivity contribution is -0.120. The van der Waals surface area contributed by atoms with Gasteiger partial charge in [0.2, 0.25) is 0 Å². The zero-order valence-corrected chi connectivity index (χ0v) is 20.7. The summed E-state index contributed by atoms with van der Waals surface area (Å²) in [5.41, 5.74) is 1.88. The number of benzene rings is 2. The van der Waals surface area contributed by atoms with Crippen molar-refractivity contribution in [2.24, 2.45) is 0 Å². The zero-order chi connectivity index (χ0) is 23.9. The Morgan fingerprint density at radius 2 is 1.82 bits per heavy atom. The average Bonchev–Trinajstić information content (AvgIpc) is 3.32. The number of fused-ring (bicyclic) bond motifs is 1. The third-order valence-electron chi connectivity index (χ3n) is 5.82. The molecule has 2 heterocycles. The van der Waals surface area contributed by atoms with E-state index < -0.39 is 0 Å². The number of amides is 1. The van der Waals surface area contributed by atoms with Crippen LogP contribution in [0.5, 0.6) is 17.2 Å². The number of rotatable bonds is 10. The SMILES string of the molecule is COc1ccccc1OCC(=O)N(CCCN1CCOCC1)c1nc2c(OC)ccc(C)c2s1. The number of anilines is 1. The number of morpholine rings is 1. The van der Waals surface area contributed by atoms with E-state index in [1.165, 1.54) is 11.3 Å².